The van der Waals surface area contributed by atoms with E-state index < -0.39 is 0 Å². The summed E-state index contributed by atoms with van der Waals surface area (Å²) in [7, 11) is 0. The maximum atomic E-state index is 10.6. The second-order valence-corrected chi connectivity index (χ2v) is 3.77. The number of unbranched alkanes of at least 4 members (excludes halogenated alkanes) is 4. The zero-order valence-electron chi connectivity index (χ0n) is 10.1. The van der Waals surface area contributed by atoms with E-state index in [0.717, 1.165) is 38.5 Å². The van der Waals surface area contributed by atoms with Crippen LogP contribution in [0.2, 0.25) is 0 Å². The fourth-order valence-electron chi connectivity index (χ4n) is 1.18. The molecule has 0 atom stereocenters. The van der Waals surface area contributed by atoms with Crippen molar-refractivity contribution in [2.24, 2.45) is 5.16 Å². The quantitative estimate of drug-likeness (QED) is 0.334. The van der Waals surface area contributed by atoms with Crippen molar-refractivity contribution in [3.63, 3.8) is 0 Å². The first-order valence-electron chi connectivity index (χ1n) is 5.89. The SMILES string of the molecule is CC(=O)CCCCO/N=C/CCCCC=N. The Labute approximate surface area is 97.6 Å². The standard InChI is InChI=1S/C12H22N2O2/c1-12(15)8-4-7-11-16-14-10-6-3-2-5-9-13/h9-10,13H,2-8,11H2,1H3/b13-9?,14-10+. The Morgan fingerprint density at radius 2 is 2.00 bits per heavy atom. The van der Waals surface area contributed by atoms with Gasteiger partial charge in [-0.05, 0) is 51.7 Å². The Morgan fingerprint density at radius 1 is 1.25 bits per heavy atom. The zero-order chi connectivity index (χ0) is 12.1. The van der Waals surface area contributed by atoms with Crippen molar-refractivity contribution in [2.45, 2.75) is 51.9 Å². The van der Waals surface area contributed by atoms with Crippen molar-refractivity contribution < 1.29 is 9.63 Å². The Bertz CT molecular complexity index is 215. The first-order valence-corrected chi connectivity index (χ1v) is 5.89. The third-order valence-electron chi connectivity index (χ3n) is 2.10. The van der Waals surface area contributed by atoms with Gasteiger partial charge in [0.15, 0.2) is 0 Å². The van der Waals surface area contributed by atoms with Crippen LogP contribution in [0.25, 0.3) is 0 Å². The summed E-state index contributed by atoms with van der Waals surface area (Å²) in [6.07, 6.45) is 9.44. The Kier molecular flexibility index (Phi) is 11.0. The van der Waals surface area contributed by atoms with Crippen LogP contribution in [0.15, 0.2) is 5.16 Å². The van der Waals surface area contributed by atoms with Gasteiger partial charge < -0.3 is 15.0 Å². The molecule has 1 N–H and O–H groups in total. The second kappa shape index (κ2) is 11.9. The van der Waals surface area contributed by atoms with Crippen molar-refractivity contribution in [3.05, 3.63) is 0 Å². The van der Waals surface area contributed by atoms with Crippen LogP contribution >= 0.6 is 0 Å². The molecule has 0 aliphatic heterocycles. The topological polar surface area (TPSA) is 62.5 Å². The summed E-state index contributed by atoms with van der Waals surface area (Å²) in [5, 5.41) is 10.7. The molecule has 0 rings (SSSR count). The van der Waals surface area contributed by atoms with E-state index in [4.69, 9.17) is 10.2 Å². The fraction of sp³-hybridized carbons (Fsp3) is 0.750. The van der Waals surface area contributed by atoms with E-state index >= 15 is 0 Å². The monoisotopic (exact) mass is 226 g/mol. The number of nitrogens with zero attached hydrogens (tertiary/aromatic N) is 1. The Hall–Kier alpha value is -1.19. The lowest BCUT2D eigenvalue weighted by Gasteiger charge is -1.98. The molecule has 0 unspecified atom stereocenters. The second-order valence-electron chi connectivity index (χ2n) is 3.77. The van der Waals surface area contributed by atoms with Crippen molar-refractivity contribution in [3.8, 4) is 0 Å². The van der Waals surface area contributed by atoms with Gasteiger partial charge in [-0.3, -0.25) is 0 Å². The minimum absolute atomic E-state index is 0.231. The number of hydrogen-bond donors (Lipinski definition) is 1. The number of nitrogens with one attached hydrogen (secondary N) is 1. The number of carbonyl (C=O) groups excluding carboxylic acids is 1. The molecular weight excluding hydrogens is 204 g/mol. The van der Waals surface area contributed by atoms with Gasteiger partial charge in [-0.25, -0.2) is 0 Å². The number of ketones is 1. The molecule has 4 nitrogen and oxygen atoms in total. The molecule has 0 heterocycles. The highest BCUT2D eigenvalue weighted by Crippen LogP contribution is 1.98. The lowest BCUT2D eigenvalue weighted by Crippen LogP contribution is -1.93. The van der Waals surface area contributed by atoms with Crippen LogP contribution in [0.1, 0.15) is 51.9 Å². The molecule has 4 heteroatoms. The maximum Gasteiger partial charge on any atom is 0.129 e. The molecule has 0 aromatic heterocycles. The van der Waals surface area contributed by atoms with Gasteiger partial charge in [-0.2, -0.15) is 0 Å². The summed E-state index contributed by atoms with van der Waals surface area (Å²) in [5.74, 6) is 0.231. The highest BCUT2D eigenvalue weighted by molar-refractivity contribution is 5.75. The van der Waals surface area contributed by atoms with Gasteiger partial charge in [0.25, 0.3) is 0 Å². The molecule has 0 aromatic rings. The van der Waals surface area contributed by atoms with Crippen LogP contribution in [-0.4, -0.2) is 24.8 Å². The van der Waals surface area contributed by atoms with Crippen LogP contribution in [0, 0.1) is 5.41 Å². The molecule has 0 fully saturated rings. The van der Waals surface area contributed by atoms with Crippen LogP contribution < -0.4 is 0 Å². The summed E-state index contributed by atoms with van der Waals surface area (Å²) >= 11 is 0. The molecule has 0 saturated heterocycles. The van der Waals surface area contributed by atoms with Crippen molar-refractivity contribution in [2.75, 3.05) is 6.61 Å². The molecule has 0 radical (unpaired) electrons. The number of hydrogen-bond acceptors (Lipinski definition) is 4. The van der Waals surface area contributed by atoms with E-state index in [9.17, 15) is 4.79 Å². The van der Waals surface area contributed by atoms with Crippen LogP contribution in [0.5, 0.6) is 0 Å². The van der Waals surface area contributed by atoms with Crippen molar-refractivity contribution in [1.29, 1.82) is 5.41 Å². The minimum atomic E-state index is 0.231. The Balaban J connectivity index is 3.09. The number of carbonyl (C=O) groups is 1. The van der Waals surface area contributed by atoms with E-state index in [2.05, 4.69) is 5.16 Å². The molecule has 16 heavy (non-hydrogen) atoms. The van der Waals surface area contributed by atoms with Crippen molar-refractivity contribution in [1.82, 2.24) is 0 Å². The smallest absolute Gasteiger partial charge is 0.129 e. The predicted molar refractivity (Wildman–Crippen MR) is 66.2 cm³/mol. The summed E-state index contributed by atoms with van der Waals surface area (Å²) < 4.78 is 0. The number of rotatable bonds is 11. The van der Waals surface area contributed by atoms with Gasteiger partial charge in [0, 0.05) is 12.6 Å². The maximum absolute atomic E-state index is 10.6. The zero-order valence-corrected chi connectivity index (χ0v) is 10.1. The molecule has 0 spiro atoms. The van der Waals surface area contributed by atoms with E-state index in [0.29, 0.717) is 13.0 Å². The third-order valence-corrected chi connectivity index (χ3v) is 2.10. The van der Waals surface area contributed by atoms with E-state index in [-0.39, 0.29) is 5.78 Å². The van der Waals surface area contributed by atoms with Gasteiger partial charge in [0.2, 0.25) is 0 Å². The van der Waals surface area contributed by atoms with Crippen LogP contribution in [0.3, 0.4) is 0 Å². The van der Waals surface area contributed by atoms with Gasteiger partial charge in [-0.1, -0.05) is 5.16 Å². The number of Topliss-reactive ketones (excluding diaryl/α,β-unsaturated/α-hetero) is 1. The molecule has 0 aliphatic carbocycles. The highest BCUT2D eigenvalue weighted by atomic mass is 16.6. The van der Waals surface area contributed by atoms with E-state index in [1.54, 1.807) is 13.1 Å². The Morgan fingerprint density at radius 3 is 2.69 bits per heavy atom. The first kappa shape index (κ1) is 14.8. The molecule has 0 aromatic carbocycles. The summed E-state index contributed by atoms with van der Waals surface area (Å²) in [4.78, 5) is 15.7. The largest absolute Gasteiger partial charge is 0.396 e. The lowest BCUT2D eigenvalue weighted by molar-refractivity contribution is -0.117. The number of oxime groups is 1. The molecular formula is C12H22N2O2. The van der Waals surface area contributed by atoms with Crippen LogP contribution in [-0.2, 0) is 9.63 Å². The third kappa shape index (κ3) is 12.8. The van der Waals surface area contributed by atoms with Gasteiger partial charge in [-0.15, -0.1) is 0 Å². The first-order chi connectivity index (χ1) is 7.77. The lowest BCUT2D eigenvalue weighted by atomic mass is 10.2. The summed E-state index contributed by atoms with van der Waals surface area (Å²) in [5.41, 5.74) is 0. The fourth-order valence-corrected chi connectivity index (χ4v) is 1.18. The van der Waals surface area contributed by atoms with E-state index in [1.165, 1.54) is 6.21 Å². The summed E-state index contributed by atoms with van der Waals surface area (Å²) in [6.45, 7) is 2.19. The van der Waals surface area contributed by atoms with Gasteiger partial charge >= 0.3 is 0 Å². The van der Waals surface area contributed by atoms with Gasteiger partial charge in [0.05, 0.1) is 0 Å². The average molecular weight is 226 g/mol. The predicted octanol–water partition coefficient (Wildman–Crippen LogP) is 2.96. The van der Waals surface area contributed by atoms with Gasteiger partial charge in [0.1, 0.15) is 12.4 Å². The average Bonchev–Trinajstić information content (AvgIpc) is 2.25. The van der Waals surface area contributed by atoms with E-state index in [1.807, 2.05) is 0 Å². The molecule has 0 bridgehead atoms. The minimum Gasteiger partial charge on any atom is -0.396 e. The molecule has 0 saturated carbocycles. The molecule has 92 valence electrons. The highest BCUT2D eigenvalue weighted by Gasteiger charge is 1.93. The van der Waals surface area contributed by atoms with Crippen molar-refractivity contribution >= 4 is 18.2 Å². The molecule has 0 aliphatic rings. The normalized spacial score (nSPS) is 10.6. The van der Waals surface area contributed by atoms with Crippen LogP contribution in [0.4, 0.5) is 0 Å². The summed E-state index contributed by atoms with van der Waals surface area (Å²) in [6, 6.07) is 0. The molecule has 0 amide bonds.